The number of hydrogen-bond donors (Lipinski definition) is 1. The number of para-hydroxylation sites is 2. The van der Waals surface area contributed by atoms with E-state index in [2.05, 4.69) is 15.0 Å². The smallest absolute Gasteiger partial charge is 0.198 e. The van der Waals surface area contributed by atoms with Gasteiger partial charge in [0, 0.05) is 11.8 Å². The van der Waals surface area contributed by atoms with Crippen LogP contribution in [0.2, 0.25) is 0 Å². The number of ether oxygens (including phenoxy) is 1. The highest BCUT2D eigenvalue weighted by Crippen LogP contribution is 2.37. The second-order valence-electron chi connectivity index (χ2n) is 5.97. The Morgan fingerprint density at radius 2 is 2.12 bits per heavy atom. The number of hydrogen-bond acceptors (Lipinski definition) is 4. The van der Waals surface area contributed by atoms with Gasteiger partial charge in [-0.3, -0.25) is 9.19 Å². The fourth-order valence-corrected chi connectivity index (χ4v) is 4.80. The molecule has 1 aliphatic rings. The highest BCUT2D eigenvalue weighted by molar-refractivity contribution is 7.85. The molecule has 1 aromatic carbocycles. The third-order valence-electron chi connectivity index (χ3n) is 4.53. The van der Waals surface area contributed by atoms with E-state index in [1.807, 2.05) is 30.3 Å². The molecule has 0 saturated heterocycles. The Morgan fingerprint density at radius 3 is 2.96 bits per heavy atom. The number of methoxy groups -OCH3 is 1. The van der Waals surface area contributed by atoms with Gasteiger partial charge >= 0.3 is 0 Å². The standard InChI is InChI=1S/C18H19N3O2S/c1-23-15-10-11-19-17-12(15)6-2-5-9-16(17)24(22)18-20-13-7-3-4-8-14(13)21-18/h3-4,7-8,10-11,16H,2,5-6,9H2,1H3,(H,20,21)/t16-,24+/m1/s1. The Kier molecular flexibility index (Phi) is 4.06. The monoisotopic (exact) mass is 341 g/mol. The summed E-state index contributed by atoms with van der Waals surface area (Å²) in [4.78, 5) is 12.3. The molecule has 6 heteroatoms. The number of benzene rings is 1. The number of fused-ring (bicyclic) bond motifs is 2. The maximum absolute atomic E-state index is 13.2. The van der Waals surface area contributed by atoms with Crippen LogP contribution in [0.25, 0.3) is 11.0 Å². The van der Waals surface area contributed by atoms with Gasteiger partial charge in [-0.15, -0.1) is 0 Å². The molecular formula is C18H19N3O2S. The number of aromatic nitrogens is 3. The van der Waals surface area contributed by atoms with Crippen molar-refractivity contribution in [2.24, 2.45) is 0 Å². The van der Waals surface area contributed by atoms with Gasteiger partial charge in [-0.05, 0) is 37.5 Å². The molecule has 0 radical (unpaired) electrons. The first-order valence-electron chi connectivity index (χ1n) is 8.15. The first-order chi connectivity index (χ1) is 11.8. The number of pyridine rings is 1. The van der Waals surface area contributed by atoms with Crippen LogP contribution in [0.3, 0.4) is 0 Å². The van der Waals surface area contributed by atoms with Gasteiger partial charge in [-0.2, -0.15) is 0 Å². The molecule has 5 nitrogen and oxygen atoms in total. The molecule has 0 saturated carbocycles. The topological polar surface area (TPSA) is 67.9 Å². The van der Waals surface area contributed by atoms with E-state index in [-0.39, 0.29) is 5.25 Å². The number of H-pyrrole nitrogens is 1. The molecule has 3 aromatic rings. The van der Waals surface area contributed by atoms with Crippen molar-refractivity contribution in [1.29, 1.82) is 0 Å². The summed E-state index contributed by atoms with van der Waals surface area (Å²) in [5, 5.41) is 0.372. The van der Waals surface area contributed by atoms with Gasteiger partial charge in [-0.25, -0.2) is 4.98 Å². The van der Waals surface area contributed by atoms with Gasteiger partial charge in [0.25, 0.3) is 0 Å². The van der Waals surface area contributed by atoms with Crippen molar-refractivity contribution in [1.82, 2.24) is 15.0 Å². The predicted octanol–water partition coefficient (Wildman–Crippen LogP) is 3.54. The molecule has 124 valence electrons. The second-order valence-corrected chi connectivity index (χ2v) is 7.52. The molecule has 0 unspecified atom stereocenters. The van der Waals surface area contributed by atoms with E-state index >= 15 is 0 Å². The Bertz CT molecular complexity index is 873. The zero-order valence-corrected chi connectivity index (χ0v) is 14.3. The molecule has 1 aliphatic carbocycles. The van der Waals surface area contributed by atoms with Crippen molar-refractivity contribution in [3.8, 4) is 5.75 Å². The van der Waals surface area contributed by atoms with Gasteiger partial charge in [-0.1, -0.05) is 18.6 Å². The lowest BCUT2D eigenvalue weighted by atomic mass is 10.1. The van der Waals surface area contributed by atoms with Crippen molar-refractivity contribution in [2.45, 2.75) is 36.1 Å². The number of nitrogens with one attached hydrogen (secondary N) is 1. The maximum atomic E-state index is 13.2. The lowest BCUT2D eigenvalue weighted by molar-refractivity contribution is 0.408. The number of rotatable bonds is 3. The van der Waals surface area contributed by atoms with E-state index in [4.69, 9.17) is 4.74 Å². The van der Waals surface area contributed by atoms with E-state index in [0.29, 0.717) is 5.16 Å². The third-order valence-corrected chi connectivity index (χ3v) is 6.08. The molecule has 0 amide bonds. The first kappa shape index (κ1) is 15.3. The predicted molar refractivity (Wildman–Crippen MR) is 93.6 cm³/mol. The Labute approximate surface area is 142 Å². The van der Waals surface area contributed by atoms with E-state index in [0.717, 1.165) is 53.7 Å². The highest BCUT2D eigenvalue weighted by atomic mass is 32.2. The lowest BCUT2D eigenvalue weighted by Crippen LogP contribution is -2.11. The average Bonchev–Trinajstić information content (AvgIpc) is 2.93. The van der Waals surface area contributed by atoms with E-state index in [1.165, 1.54) is 0 Å². The van der Waals surface area contributed by atoms with Crippen LogP contribution >= 0.6 is 0 Å². The van der Waals surface area contributed by atoms with E-state index < -0.39 is 10.8 Å². The van der Waals surface area contributed by atoms with Crippen LogP contribution in [0.5, 0.6) is 5.75 Å². The van der Waals surface area contributed by atoms with Crippen LogP contribution in [-0.2, 0) is 17.2 Å². The van der Waals surface area contributed by atoms with Crippen LogP contribution in [0.15, 0.2) is 41.7 Å². The average molecular weight is 341 g/mol. The normalized spacial score (nSPS) is 18.8. The summed E-state index contributed by atoms with van der Waals surface area (Å²) in [5.41, 5.74) is 3.74. The molecule has 2 heterocycles. The lowest BCUT2D eigenvalue weighted by Gasteiger charge is -2.16. The van der Waals surface area contributed by atoms with Gasteiger partial charge in [0.05, 0.1) is 39.9 Å². The minimum absolute atomic E-state index is 0.154. The van der Waals surface area contributed by atoms with Crippen LogP contribution in [0.4, 0.5) is 0 Å². The van der Waals surface area contributed by atoms with Crippen molar-refractivity contribution in [2.75, 3.05) is 7.11 Å². The minimum atomic E-state index is -1.27. The van der Waals surface area contributed by atoms with E-state index in [9.17, 15) is 4.21 Å². The third kappa shape index (κ3) is 2.60. The molecule has 0 fully saturated rings. The summed E-state index contributed by atoms with van der Waals surface area (Å²) in [7, 11) is 0.402. The molecule has 1 N–H and O–H groups in total. The zero-order valence-electron chi connectivity index (χ0n) is 13.5. The van der Waals surface area contributed by atoms with Crippen molar-refractivity contribution in [3.63, 3.8) is 0 Å². The van der Waals surface area contributed by atoms with Crippen LogP contribution in [0.1, 0.15) is 35.8 Å². The molecule has 0 bridgehead atoms. The summed E-state index contributed by atoms with van der Waals surface area (Å²) in [5.74, 6) is 0.841. The van der Waals surface area contributed by atoms with E-state index in [1.54, 1.807) is 13.3 Å². The Hall–Kier alpha value is -2.21. The summed E-state index contributed by atoms with van der Waals surface area (Å²) < 4.78 is 18.7. The SMILES string of the molecule is COc1ccnc2c1CCCC[C@H]2[S@](=O)c1nc2ccccc2[nH]1. The van der Waals surface area contributed by atoms with Crippen LogP contribution in [0, 0.1) is 0 Å². The van der Waals surface area contributed by atoms with Crippen molar-refractivity contribution >= 4 is 21.8 Å². The molecule has 4 rings (SSSR count). The Morgan fingerprint density at radius 1 is 1.25 bits per heavy atom. The number of aromatic amines is 1. The summed E-state index contributed by atoms with van der Waals surface area (Å²) >= 11 is 0. The van der Waals surface area contributed by atoms with Crippen LogP contribution in [-0.4, -0.2) is 26.3 Å². The molecular weight excluding hydrogens is 322 g/mol. The van der Waals surface area contributed by atoms with Crippen molar-refractivity contribution < 1.29 is 8.95 Å². The molecule has 0 aliphatic heterocycles. The number of imidazole rings is 1. The Balaban J connectivity index is 1.77. The fraction of sp³-hybridized carbons (Fsp3) is 0.333. The summed E-state index contributed by atoms with van der Waals surface area (Å²) in [6.07, 6.45) is 5.59. The van der Waals surface area contributed by atoms with Crippen molar-refractivity contribution in [3.05, 3.63) is 47.8 Å². The van der Waals surface area contributed by atoms with Gasteiger partial charge in [0.2, 0.25) is 0 Å². The molecule has 2 aromatic heterocycles. The quantitative estimate of drug-likeness (QED) is 0.740. The maximum Gasteiger partial charge on any atom is 0.198 e. The zero-order chi connectivity index (χ0) is 16.5. The summed E-state index contributed by atoms with van der Waals surface area (Å²) in [6.45, 7) is 0. The first-order valence-corrected chi connectivity index (χ1v) is 9.36. The molecule has 0 spiro atoms. The van der Waals surface area contributed by atoms with Gasteiger partial charge in [0.15, 0.2) is 5.16 Å². The van der Waals surface area contributed by atoms with Crippen LogP contribution < -0.4 is 4.74 Å². The van der Waals surface area contributed by atoms with Gasteiger partial charge < -0.3 is 9.72 Å². The number of nitrogens with zero attached hydrogens (tertiary/aromatic N) is 2. The summed E-state index contributed by atoms with van der Waals surface area (Å²) in [6, 6.07) is 9.63. The minimum Gasteiger partial charge on any atom is -0.496 e. The second kappa shape index (κ2) is 6.36. The highest BCUT2D eigenvalue weighted by Gasteiger charge is 2.29. The largest absolute Gasteiger partial charge is 0.496 e. The molecule has 2 atom stereocenters. The molecule has 24 heavy (non-hydrogen) atoms. The van der Waals surface area contributed by atoms with Gasteiger partial charge in [0.1, 0.15) is 5.75 Å². The fourth-order valence-electron chi connectivity index (χ4n) is 3.35.